The zero-order valence-corrected chi connectivity index (χ0v) is 21.9. The van der Waals surface area contributed by atoms with E-state index >= 15 is 0 Å². The minimum Gasteiger partial charge on any atom is -0.467 e. The highest BCUT2D eigenvalue weighted by molar-refractivity contribution is 6.04. The summed E-state index contributed by atoms with van der Waals surface area (Å²) < 4.78 is 58.5. The Morgan fingerprint density at radius 3 is 2.05 bits per heavy atom. The number of rotatable bonds is 9. The fraction of sp³-hybridized carbons (Fsp3) is 0.385. The maximum absolute atomic E-state index is 12.8. The van der Waals surface area contributed by atoms with E-state index < -0.39 is 53.4 Å². The molecule has 0 heterocycles. The number of ether oxygens (including phenoxy) is 4. The minimum absolute atomic E-state index is 0.00421. The van der Waals surface area contributed by atoms with E-state index in [0.717, 1.165) is 38.5 Å². The summed E-state index contributed by atoms with van der Waals surface area (Å²) >= 11 is 0. The van der Waals surface area contributed by atoms with Crippen molar-refractivity contribution in [1.82, 2.24) is 5.32 Å². The first kappa shape index (κ1) is 31.1. The molecular formula is C26H29F3N2O8. The number of carbonyl (C=O) groups excluding carboxylic acids is 4. The second-order valence-corrected chi connectivity index (χ2v) is 9.13. The number of benzene rings is 2. The molecule has 10 nitrogen and oxygen atoms in total. The molecular weight excluding hydrogens is 525 g/mol. The highest BCUT2D eigenvalue weighted by Crippen LogP contribution is 2.29. The van der Waals surface area contributed by atoms with Gasteiger partial charge in [-0.2, -0.15) is 13.2 Å². The van der Waals surface area contributed by atoms with Crippen LogP contribution in [0.15, 0.2) is 48.5 Å². The predicted octanol–water partition coefficient (Wildman–Crippen LogP) is 4.08. The fourth-order valence-corrected chi connectivity index (χ4v) is 3.17. The Bertz CT molecular complexity index is 1180. The van der Waals surface area contributed by atoms with Gasteiger partial charge >= 0.3 is 24.2 Å². The maximum atomic E-state index is 12.8. The van der Waals surface area contributed by atoms with Gasteiger partial charge in [0.25, 0.3) is 5.91 Å². The van der Waals surface area contributed by atoms with Gasteiger partial charge < -0.3 is 29.6 Å². The van der Waals surface area contributed by atoms with Crippen LogP contribution < -0.4 is 10.6 Å². The quantitative estimate of drug-likeness (QED) is 0.351. The molecule has 0 aliphatic rings. The molecule has 2 atom stereocenters. The van der Waals surface area contributed by atoms with Crippen LogP contribution in [0.5, 0.6) is 0 Å². The number of hydrogen-bond donors (Lipinski definition) is 2. The topological polar surface area (TPSA) is 129 Å². The van der Waals surface area contributed by atoms with Gasteiger partial charge in [0.15, 0.2) is 12.1 Å². The summed E-state index contributed by atoms with van der Waals surface area (Å²) in [6.45, 7) is 4.55. The van der Waals surface area contributed by atoms with Crippen molar-refractivity contribution in [2.24, 2.45) is 0 Å². The van der Waals surface area contributed by atoms with Gasteiger partial charge in [-0.15, -0.1) is 0 Å². The van der Waals surface area contributed by atoms with Crippen LogP contribution in [0.3, 0.4) is 0 Å². The molecule has 0 bridgehead atoms. The van der Waals surface area contributed by atoms with Gasteiger partial charge in [0.2, 0.25) is 0 Å². The number of alkyl halides is 3. The third-order valence-corrected chi connectivity index (χ3v) is 4.95. The highest BCUT2D eigenvalue weighted by Gasteiger charge is 2.39. The van der Waals surface area contributed by atoms with E-state index in [-0.39, 0.29) is 17.9 Å². The molecule has 0 fully saturated rings. The first-order valence-corrected chi connectivity index (χ1v) is 11.5. The molecule has 0 unspecified atom stereocenters. The van der Waals surface area contributed by atoms with Crippen LogP contribution in [0, 0.1) is 0 Å². The minimum atomic E-state index is -4.53. The van der Waals surface area contributed by atoms with Crippen LogP contribution in [0.25, 0.3) is 0 Å². The molecule has 0 saturated carbocycles. The maximum Gasteiger partial charge on any atom is 0.416 e. The summed E-state index contributed by atoms with van der Waals surface area (Å²) in [5.41, 5.74) is -1.05. The summed E-state index contributed by atoms with van der Waals surface area (Å²) in [6, 6.07) is 8.27. The van der Waals surface area contributed by atoms with Crippen molar-refractivity contribution in [3.63, 3.8) is 0 Å². The summed E-state index contributed by atoms with van der Waals surface area (Å²) in [4.78, 5) is 49.6. The standard InChI is InChI=1S/C26H29F3N2O8/c1-25(2,3)39-24(35)31-19(22(33)36-4)20(23(34)37-5)38-14-15-7-6-8-18(13-15)30-21(32)16-9-11-17(12-10-16)26(27,28)29/h6-13,19-20H,14H2,1-5H3,(H,30,32)(H,31,35)/t19-,20-/m0/s1. The van der Waals surface area contributed by atoms with E-state index in [9.17, 15) is 32.3 Å². The second-order valence-electron chi connectivity index (χ2n) is 9.13. The Labute approximate surface area is 222 Å². The average Bonchev–Trinajstić information content (AvgIpc) is 2.86. The van der Waals surface area contributed by atoms with E-state index in [1.165, 1.54) is 12.1 Å². The number of alkyl carbamates (subject to hydrolysis) is 1. The monoisotopic (exact) mass is 554 g/mol. The molecule has 0 aliphatic carbocycles. The summed E-state index contributed by atoms with van der Waals surface area (Å²) in [6.07, 6.45) is -7.15. The molecule has 2 N–H and O–H groups in total. The number of anilines is 1. The first-order valence-electron chi connectivity index (χ1n) is 11.5. The zero-order valence-electron chi connectivity index (χ0n) is 21.9. The SMILES string of the molecule is COC(=O)[C@@H](NC(=O)OC(C)(C)C)[C@H](OCc1cccc(NC(=O)c2ccc(C(F)(F)F)cc2)c1)C(=O)OC. The Kier molecular flexibility index (Phi) is 10.4. The number of hydrogen-bond acceptors (Lipinski definition) is 8. The van der Waals surface area contributed by atoms with Crippen LogP contribution in [0.4, 0.5) is 23.7 Å². The molecule has 0 aliphatic heterocycles. The molecule has 0 radical (unpaired) electrons. The normalized spacial score (nSPS) is 13.0. The largest absolute Gasteiger partial charge is 0.467 e. The molecule has 13 heteroatoms. The van der Waals surface area contributed by atoms with Crippen molar-refractivity contribution in [3.8, 4) is 0 Å². The lowest BCUT2D eigenvalue weighted by atomic mass is 10.1. The number of amides is 2. The lowest BCUT2D eigenvalue weighted by Crippen LogP contribution is -2.54. The van der Waals surface area contributed by atoms with Crippen LogP contribution in [-0.2, 0) is 41.3 Å². The van der Waals surface area contributed by atoms with E-state index in [2.05, 4.69) is 10.6 Å². The van der Waals surface area contributed by atoms with Gasteiger partial charge in [0, 0.05) is 11.3 Å². The van der Waals surface area contributed by atoms with Crippen LogP contribution in [0.1, 0.15) is 42.3 Å². The van der Waals surface area contributed by atoms with Gasteiger partial charge in [-0.25, -0.2) is 14.4 Å². The smallest absolute Gasteiger partial charge is 0.416 e. The van der Waals surface area contributed by atoms with Crippen molar-refractivity contribution >= 4 is 29.6 Å². The Hall–Kier alpha value is -4.13. The highest BCUT2D eigenvalue weighted by atomic mass is 19.4. The van der Waals surface area contributed by atoms with Crippen LogP contribution in [0.2, 0.25) is 0 Å². The average molecular weight is 555 g/mol. The first-order chi connectivity index (χ1) is 18.1. The third kappa shape index (κ3) is 9.60. The van der Waals surface area contributed by atoms with Gasteiger partial charge in [-0.05, 0) is 62.7 Å². The predicted molar refractivity (Wildman–Crippen MR) is 132 cm³/mol. The molecule has 39 heavy (non-hydrogen) atoms. The van der Waals surface area contributed by atoms with Crippen molar-refractivity contribution in [2.45, 2.75) is 51.3 Å². The van der Waals surface area contributed by atoms with E-state index in [1.807, 2.05) is 0 Å². The molecule has 0 spiro atoms. The summed E-state index contributed by atoms with van der Waals surface area (Å²) in [7, 11) is 2.13. The van der Waals surface area contributed by atoms with Crippen LogP contribution >= 0.6 is 0 Å². The molecule has 2 amide bonds. The molecule has 212 valence electrons. The Morgan fingerprint density at radius 1 is 0.897 bits per heavy atom. The second kappa shape index (κ2) is 13.1. The van der Waals surface area contributed by atoms with Crippen molar-refractivity contribution in [2.75, 3.05) is 19.5 Å². The lowest BCUT2D eigenvalue weighted by Gasteiger charge is -2.26. The van der Waals surface area contributed by atoms with Gasteiger partial charge in [-0.3, -0.25) is 4.79 Å². The molecule has 0 aromatic heterocycles. The van der Waals surface area contributed by atoms with Crippen molar-refractivity contribution in [1.29, 1.82) is 0 Å². The molecule has 0 saturated heterocycles. The van der Waals surface area contributed by atoms with Crippen molar-refractivity contribution < 1.29 is 51.3 Å². The number of halogens is 3. The van der Waals surface area contributed by atoms with Gasteiger partial charge in [0.05, 0.1) is 26.4 Å². The Balaban J connectivity index is 2.16. The van der Waals surface area contributed by atoms with Crippen LogP contribution in [-0.4, -0.2) is 55.9 Å². The number of nitrogens with one attached hydrogen (secondary N) is 2. The number of esters is 2. The molecule has 2 aromatic rings. The van der Waals surface area contributed by atoms with E-state index in [1.54, 1.807) is 32.9 Å². The Morgan fingerprint density at radius 2 is 1.51 bits per heavy atom. The van der Waals surface area contributed by atoms with Gasteiger partial charge in [0.1, 0.15) is 5.60 Å². The summed E-state index contributed by atoms with van der Waals surface area (Å²) in [5, 5.41) is 4.82. The fourth-order valence-electron chi connectivity index (χ4n) is 3.17. The lowest BCUT2D eigenvalue weighted by molar-refractivity contribution is -0.165. The molecule has 2 aromatic carbocycles. The number of carbonyl (C=O) groups is 4. The summed E-state index contributed by atoms with van der Waals surface area (Å²) in [5.74, 6) is -2.62. The van der Waals surface area contributed by atoms with E-state index in [0.29, 0.717) is 5.56 Å². The van der Waals surface area contributed by atoms with Crippen molar-refractivity contribution in [3.05, 3.63) is 65.2 Å². The van der Waals surface area contributed by atoms with E-state index in [4.69, 9.17) is 18.9 Å². The molecule has 2 rings (SSSR count). The zero-order chi connectivity index (χ0) is 29.4. The van der Waals surface area contributed by atoms with Gasteiger partial charge in [-0.1, -0.05) is 12.1 Å². The third-order valence-electron chi connectivity index (χ3n) is 4.95. The number of methoxy groups -OCH3 is 2.